The van der Waals surface area contributed by atoms with Gasteiger partial charge in [0.05, 0.1) is 18.8 Å². The molecule has 1 aromatic carbocycles. The second-order valence-electron chi connectivity index (χ2n) is 5.41. The Morgan fingerprint density at radius 3 is 2.78 bits per heavy atom. The minimum absolute atomic E-state index is 0.0422. The van der Waals surface area contributed by atoms with Crippen molar-refractivity contribution in [2.45, 2.75) is 18.1 Å². The molecule has 0 radical (unpaired) electrons. The molecule has 2 aromatic rings. The first-order valence-electron chi connectivity index (χ1n) is 7.51. The first kappa shape index (κ1) is 15.9. The molecular formula is C16H18N2O4S. The van der Waals surface area contributed by atoms with E-state index in [1.54, 1.807) is 4.90 Å². The Morgan fingerprint density at radius 2 is 2.09 bits per heavy atom. The van der Waals surface area contributed by atoms with Crippen molar-refractivity contribution in [1.82, 2.24) is 9.88 Å². The fourth-order valence-corrected chi connectivity index (χ4v) is 3.40. The molecule has 0 unspecified atom stereocenters. The molecule has 1 saturated heterocycles. The number of para-hydroxylation sites is 2. The van der Waals surface area contributed by atoms with Gasteiger partial charge in [-0.25, -0.2) is 4.98 Å². The number of piperidine rings is 1. The molecular weight excluding hydrogens is 316 g/mol. The first-order valence-corrected chi connectivity index (χ1v) is 8.50. The normalized spacial score (nSPS) is 15.8. The smallest absolute Gasteiger partial charge is 0.308 e. The molecule has 0 spiro atoms. The number of likely N-dealkylation sites (tertiary alicyclic amines) is 1. The topological polar surface area (TPSA) is 72.6 Å². The van der Waals surface area contributed by atoms with Crippen LogP contribution in [0, 0.1) is 5.92 Å². The number of hydrogen-bond acceptors (Lipinski definition) is 6. The molecule has 0 aliphatic carbocycles. The van der Waals surface area contributed by atoms with E-state index in [-0.39, 0.29) is 23.5 Å². The molecule has 23 heavy (non-hydrogen) atoms. The van der Waals surface area contributed by atoms with Crippen LogP contribution in [-0.2, 0) is 14.3 Å². The number of carbonyl (C=O) groups excluding carboxylic acids is 2. The first-order chi connectivity index (χ1) is 11.2. The number of esters is 1. The molecule has 7 heteroatoms. The quantitative estimate of drug-likeness (QED) is 0.631. The van der Waals surface area contributed by atoms with Crippen molar-refractivity contribution in [2.75, 3.05) is 26.0 Å². The van der Waals surface area contributed by atoms with Crippen LogP contribution in [0.3, 0.4) is 0 Å². The Hall–Kier alpha value is -2.02. The molecule has 0 saturated carbocycles. The number of carbonyl (C=O) groups is 2. The Bertz CT molecular complexity index is 674. The molecule has 1 aromatic heterocycles. The summed E-state index contributed by atoms with van der Waals surface area (Å²) in [6, 6.07) is 7.52. The summed E-state index contributed by atoms with van der Waals surface area (Å²) in [4.78, 5) is 29.9. The van der Waals surface area contributed by atoms with Crippen molar-refractivity contribution >= 4 is 34.7 Å². The summed E-state index contributed by atoms with van der Waals surface area (Å²) < 4.78 is 10.3. The maximum atomic E-state index is 12.3. The van der Waals surface area contributed by atoms with Crippen LogP contribution in [0.5, 0.6) is 0 Å². The Balaban J connectivity index is 1.51. The summed E-state index contributed by atoms with van der Waals surface area (Å²) in [6.45, 7) is 1.18. The van der Waals surface area contributed by atoms with Gasteiger partial charge in [0.2, 0.25) is 5.91 Å². The number of methoxy groups -OCH3 is 1. The van der Waals surface area contributed by atoms with Gasteiger partial charge >= 0.3 is 5.97 Å². The van der Waals surface area contributed by atoms with E-state index < -0.39 is 0 Å². The van der Waals surface area contributed by atoms with Crippen molar-refractivity contribution in [3.8, 4) is 0 Å². The highest BCUT2D eigenvalue weighted by Crippen LogP contribution is 2.24. The highest BCUT2D eigenvalue weighted by Gasteiger charge is 2.27. The average Bonchev–Trinajstić information content (AvgIpc) is 3.02. The van der Waals surface area contributed by atoms with E-state index in [0.717, 1.165) is 11.1 Å². The van der Waals surface area contributed by atoms with Crippen LogP contribution < -0.4 is 0 Å². The molecule has 0 atom stereocenters. The van der Waals surface area contributed by atoms with E-state index in [9.17, 15) is 9.59 Å². The van der Waals surface area contributed by atoms with E-state index in [1.165, 1.54) is 18.9 Å². The summed E-state index contributed by atoms with van der Waals surface area (Å²) in [5.74, 6) is 0.0580. The Kier molecular flexibility index (Phi) is 4.85. The number of aromatic nitrogens is 1. The van der Waals surface area contributed by atoms with Gasteiger partial charge in [-0.15, -0.1) is 0 Å². The van der Waals surface area contributed by atoms with Crippen LogP contribution in [0.1, 0.15) is 12.8 Å². The minimum atomic E-state index is -0.182. The maximum Gasteiger partial charge on any atom is 0.308 e. The third kappa shape index (κ3) is 3.67. The van der Waals surface area contributed by atoms with Crippen LogP contribution in [0.25, 0.3) is 11.1 Å². The molecule has 2 heterocycles. The van der Waals surface area contributed by atoms with Gasteiger partial charge in [-0.2, -0.15) is 0 Å². The molecule has 1 aliphatic rings. The van der Waals surface area contributed by atoms with E-state index in [2.05, 4.69) is 4.98 Å². The van der Waals surface area contributed by atoms with Gasteiger partial charge in [-0.05, 0) is 25.0 Å². The second kappa shape index (κ2) is 7.04. The average molecular weight is 334 g/mol. The number of rotatable bonds is 4. The molecule has 1 amide bonds. The lowest BCUT2D eigenvalue weighted by Gasteiger charge is -2.30. The van der Waals surface area contributed by atoms with Crippen molar-refractivity contribution < 1.29 is 18.7 Å². The third-order valence-corrected chi connectivity index (χ3v) is 4.79. The van der Waals surface area contributed by atoms with E-state index in [0.29, 0.717) is 31.2 Å². The van der Waals surface area contributed by atoms with Gasteiger partial charge < -0.3 is 14.1 Å². The number of oxazole rings is 1. The molecule has 6 nitrogen and oxygen atoms in total. The van der Waals surface area contributed by atoms with E-state index in [1.807, 2.05) is 24.3 Å². The lowest BCUT2D eigenvalue weighted by molar-refractivity contribution is -0.148. The predicted molar refractivity (Wildman–Crippen MR) is 86.1 cm³/mol. The summed E-state index contributed by atoms with van der Waals surface area (Å²) in [5, 5.41) is 0.504. The largest absolute Gasteiger partial charge is 0.469 e. The van der Waals surface area contributed by atoms with Gasteiger partial charge in [-0.1, -0.05) is 23.9 Å². The van der Waals surface area contributed by atoms with Crippen molar-refractivity contribution in [3.63, 3.8) is 0 Å². The van der Waals surface area contributed by atoms with Crippen LogP contribution >= 0.6 is 11.8 Å². The van der Waals surface area contributed by atoms with E-state index in [4.69, 9.17) is 9.15 Å². The number of amides is 1. The van der Waals surface area contributed by atoms with Gasteiger partial charge in [0, 0.05) is 13.1 Å². The van der Waals surface area contributed by atoms with Gasteiger partial charge in [-0.3, -0.25) is 9.59 Å². The summed E-state index contributed by atoms with van der Waals surface area (Å²) in [5.41, 5.74) is 1.52. The van der Waals surface area contributed by atoms with Crippen LogP contribution in [0.2, 0.25) is 0 Å². The minimum Gasteiger partial charge on any atom is -0.469 e. The number of thioether (sulfide) groups is 1. The molecule has 1 fully saturated rings. The lowest BCUT2D eigenvalue weighted by Crippen LogP contribution is -2.41. The summed E-state index contributed by atoms with van der Waals surface area (Å²) >= 11 is 1.30. The predicted octanol–water partition coefficient (Wildman–Crippen LogP) is 2.33. The maximum absolute atomic E-state index is 12.3. The Labute approximate surface area is 138 Å². The van der Waals surface area contributed by atoms with E-state index >= 15 is 0 Å². The molecule has 3 rings (SSSR count). The standard InChI is InChI=1S/C16H18N2O4S/c1-21-15(20)11-6-8-18(9-7-11)14(19)10-23-16-17-12-4-2-3-5-13(12)22-16/h2-5,11H,6-10H2,1H3. The number of hydrogen-bond donors (Lipinski definition) is 0. The number of ether oxygens (including phenoxy) is 1. The fraction of sp³-hybridized carbons (Fsp3) is 0.438. The number of fused-ring (bicyclic) bond motifs is 1. The highest BCUT2D eigenvalue weighted by molar-refractivity contribution is 7.99. The third-order valence-electron chi connectivity index (χ3n) is 3.98. The van der Waals surface area contributed by atoms with Crippen molar-refractivity contribution in [3.05, 3.63) is 24.3 Å². The van der Waals surface area contributed by atoms with Crippen molar-refractivity contribution in [2.24, 2.45) is 5.92 Å². The molecule has 1 aliphatic heterocycles. The lowest BCUT2D eigenvalue weighted by atomic mass is 9.97. The van der Waals surface area contributed by atoms with Gasteiger partial charge in [0.25, 0.3) is 5.22 Å². The zero-order valence-corrected chi connectivity index (χ0v) is 13.7. The zero-order chi connectivity index (χ0) is 16.2. The zero-order valence-electron chi connectivity index (χ0n) is 12.9. The molecule has 122 valence electrons. The summed E-state index contributed by atoms with van der Waals surface area (Å²) in [7, 11) is 1.40. The fourth-order valence-electron chi connectivity index (χ4n) is 2.66. The second-order valence-corrected chi connectivity index (χ2v) is 6.34. The van der Waals surface area contributed by atoms with Gasteiger partial charge in [0.15, 0.2) is 5.58 Å². The number of benzene rings is 1. The number of nitrogens with zero attached hydrogens (tertiary/aromatic N) is 2. The highest BCUT2D eigenvalue weighted by atomic mass is 32.2. The van der Waals surface area contributed by atoms with Gasteiger partial charge in [0.1, 0.15) is 5.52 Å². The molecule has 0 N–H and O–H groups in total. The SMILES string of the molecule is COC(=O)C1CCN(C(=O)CSc2nc3ccccc3o2)CC1. The Morgan fingerprint density at radius 1 is 1.35 bits per heavy atom. The van der Waals surface area contributed by atoms with Crippen molar-refractivity contribution in [1.29, 1.82) is 0 Å². The summed E-state index contributed by atoms with van der Waals surface area (Å²) in [6.07, 6.45) is 1.32. The molecule has 0 bridgehead atoms. The van der Waals surface area contributed by atoms with Crippen LogP contribution in [-0.4, -0.2) is 47.7 Å². The van der Waals surface area contributed by atoms with Crippen LogP contribution in [0.4, 0.5) is 0 Å². The monoisotopic (exact) mass is 334 g/mol. The van der Waals surface area contributed by atoms with Crippen LogP contribution in [0.15, 0.2) is 33.9 Å².